The molecule has 1 saturated heterocycles. The predicted molar refractivity (Wildman–Crippen MR) is 72.1 cm³/mol. The van der Waals surface area contributed by atoms with Crippen LogP contribution in [-0.4, -0.2) is 56.1 Å². The molecule has 5 heteroatoms. The molecule has 1 aromatic heterocycles. The molecule has 2 rings (SSSR count). The molecule has 1 fully saturated rings. The molecule has 1 N–H and O–H groups in total. The van der Waals surface area contributed by atoms with Gasteiger partial charge in [-0.05, 0) is 26.1 Å². The number of nitrogens with one attached hydrogen (secondary N) is 1. The number of carbonyl (C=O) groups excluding carboxylic acids is 1. The normalized spacial score (nSPS) is 16.7. The van der Waals surface area contributed by atoms with E-state index in [1.165, 1.54) is 0 Å². The van der Waals surface area contributed by atoms with Crippen LogP contribution in [0.3, 0.4) is 0 Å². The summed E-state index contributed by atoms with van der Waals surface area (Å²) in [6.45, 7) is 6.12. The summed E-state index contributed by atoms with van der Waals surface area (Å²) in [4.78, 5) is 20.5. The molecule has 1 aromatic rings. The van der Waals surface area contributed by atoms with Crippen LogP contribution < -0.4 is 10.2 Å². The molecule has 0 bridgehead atoms. The van der Waals surface area contributed by atoms with E-state index >= 15 is 0 Å². The van der Waals surface area contributed by atoms with Gasteiger partial charge in [-0.25, -0.2) is 4.98 Å². The molecule has 1 aliphatic heterocycles. The maximum atomic E-state index is 11.5. The number of nitrogens with zero attached hydrogens (tertiary/aromatic N) is 3. The second-order valence-corrected chi connectivity index (χ2v) is 4.67. The first-order chi connectivity index (χ1) is 8.61. The van der Waals surface area contributed by atoms with Crippen molar-refractivity contribution in [2.45, 2.75) is 6.92 Å². The molecule has 0 radical (unpaired) electrons. The second kappa shape index (κ2) is 5.35. The van der Waals surface area contributed by atoms with Crippen molar-refractivity contribution < 1.29 is 4.79 Å². The van der Waals surface area contributed by atoms with Gasteiger partial charge < -0.3 is 15.1 Å². The number of rotatable bonds is 2. The van der Waals surface area contributed by atoms with E-state index in [4.69, 9.17) is 0 Å². The van der Waals surface area contributed by atoms with Crippen LogP contribution in [0, 0.1) is 6.92 Å². The third kappa shape index (κ3) is 2.61. The van der Waals surface area contributed by atoms with Crippen LogP contribution in [0.4, 0.5) is 5.69 Å². The Balaban J connectivity index is 2.17. The van der Waals surface area contributed by atoms with Gasteiger partial charge in [0.25, 0.3) is 5.91 Å². The largest absolute Gasteiger partial charge is 0.368 e. The monoisotopic (exact) mass is 248 g/mol. The summed E-state index contributed by atoms with van der Waals surface area (Å²) in [6.07, 6.45) is 0. The molecule has 18 heavy (non-hydrogen) atoms. The highest BCUT2D eigenvalue weighted by Crippen LogP contribution is 2.20. The van der Waals surface area contributed by atoms with Gasteiger partial charge in [-0.3, -0.25) is 4.79 Å². The smallest absolute Gasteiger partial charge is 0.269 e. The van der Waals surface area contributed by atoms with Crippen LogP contribution in [0.5, 0.6) is 0 Å². The minimum Gasteiger partial charge on any atom is -0.368 e. The summed E-state index contributed by atoms with van der Waals surface area (Å²) < 4.78 is 0. The number of aromatic nitrogens is 1. The lowest BCUT2D eigenvalue weighted by atomic mass is 10.2. The van der Waals surface area contributed by atoms with Gasteiger partial charge in [0.05, 0.1) is 11.4 Å². The van der Waals surface area contributed by atoms with Crippen LogP contribution in [0.25, 0.3) is 0 Å². The van der Waals surface area contributed by atoms with Gasteiger partial charge in [-0.1, -0.05) is 0 Å². The van der Waals surface area contributed by atoms with E-state index in [0.717, 1.165) is 37.6 Å². The average molecular weight is 248 g/mol. The number of amides is 1. The Morgan fingerprint density at radius 1 is 1.28 bits per heavy atom. The zero-order valence-corrected chi connectivity index (χ0v) is 11.2. The molecule has 2 heterocycles. The van der Waals surface area contributed by atoms with E-state index in [2.05, 4.69) is 27.1 Å². The average Bonchev–Trinajstić information content (AvgIpc) is 2.39. The Kier molecular flexibility index (Phi) is 3.81. The van der Waals surface area contributed by atoms with Gasteiger partial charge >= 0.3 is 0 Å². The van der Waals surface area contributed by atoms with Crippen molar-refractivity contribution in [2.24, 2.45) is 0 Å². The predicted octanol–water partition coefficient (Wildman–Crippen LogP) is 0.501. The first kappa shape index (κ1) is 12.8. The van der Waals surface area contributed by atoms with Gasteiger partial charge in [0.2, 0.25) is 0 Å². The quantitative estimate of drug-likeness (QED) is 0.828. The second-order valence-electron chi connectivity index (χ2n) is 4.67. The molecule has 0 unspecified atom stereocenters. The van der Waals surface area contributed by atoms with Gasteiger partial charge in [0.15, 0.2) is 0 Å². The molecule has 1 amide bonds. The lowest BCUT2D eigenvalue weighted by Gasteiger charge is -2.34. The Morgan fingerprint density at radius 3 is 2.50 bits per heavy atom. The molecule has 1 aliphatic rings. The Hall–Kier alpha value is -1.62. The molecule has 5 nitrogen and oxygen atoms in total. The molecular weight excluding hydrogens is 228 g/mol. The highest BCUT2D eigenvalue weighted by Gasteiger charge is 2.17. The summed E-state index contributed by atoms with van der Waals surface area (Å²) >= 11 is 0. The van der Waals surface area contributed by atoms with Crippen molar-refractivity contribution in [3.05, 3.63) is 23.5 Å². The fourth-order valence-corrected chi connectivity index (χ4v) is 2.19. The van der Waals surface area contributed by atoms with Crippen LogP contribution in [0.1, 0.15) is 16.2 Å². The third-order valence-corrected chi connectivity index (χ3v) is 3.36. The van der Waals surface area contributed by atoms with Gasteiger partial charge in [0.1, 0.15) is 5.69 Å². The maximum Gasteiger partial charge on any atom is 0.269 e. The lowest BCUT2D eigenvalue weighted by Crippen LogP contribution is -2.44. The number of hydrogen-bond donors (Lipinski definition) is 1. The van der Waals surface area contributed by atoms with Gasteiger partial charge in [-0.2, -0.15) is 0 Å². The highest BCUT2D eigenvalue weighted by atomic mass is 16.1. The molecular formula is C13H20N4O. The van der Waals surface area contributed by atoms with E-state index < -0.39 is 0 Å². The van der Waals surface area contributed by atoms with E-state index in [-0.39, 0.29) is 5.91 Å². The van der Waals surface area contributed by atoms with Crippen molar-refractivity contribution in [2.75, 3.05) is 45.2 Å². The number of carbonyl (C=O) groups is 1. The molecule has 0 aromatic carbocycles. The maximum absolute atomic E-state index is 11.5. The zero-order valence-electron chi connectivity index (χ0n) is 11.2. The van der Waals surface area contributed by atoms with Crippen molar-refractivity contribution in [1.29, 1.82) is 0 Å². The van der Waals surface area contributed by atoms with Crippen molar-refractivity contribution in [3.63, 3.8) is 0 Å². The number of pyridine rings is 1. The standard InChI is InChI=1S/C13H20N4O/c1-10-12(17-8-6-16(3)7-9-17)5-4-11(15-10)13(18)14-2/h4-5H,6-9H2,1-3H3,(H,14,18). The van der Waals surface area contributed by atoms with E-state index in [1.54, 1.807) is 13.1 Å². The summed E-state index contributed by atoms with van der Waals surface area (Å²) in [5.74, 6) is -0.136. The Morgan fingerprint density at radius 2 is 1.94 bits per heavy atom. The summed E-state index contributed by atoms with van der Waals surface area (Å²) in [7, 11) is 3.75. The van der Waals surface area contributed by atoms with E-state index in [0.29, 0.717) is 5.69 Å². The Labute approximate surface area is 108 Å². The number of piperazine rings is 1. The summed E-state index contributed by atoms with van der Waals surface area (Å²) in [5, 5.41) is 2.59. The van der Waals surface area contributed by atoms with Crippen LogP contribution in [0.15, 0.2) is 12.1 Å². The van der Waals surface area contributed by atoms with Crippen LogP contribution >= 0.6 is 0 Å². The topological polar surface area (TPSA) is 48.5 Å². The molecule has 98 valence electrons. The minimum atomic E-state index is -0.136. The summed E-state index contributed by atoms with van der Waals surface area (Å²) in [5.41, 5.74) is 2.53. The molecule has 0 saturated carbocycles. The van der Waals surface area contributed by atoms with Gasteiger partial charge in [0, 0.05) is 33.2 Å². The zero-order chi connectivity index (χ0) is 13.1. The van der Waals surface area contributed by atoms with E-state index in [1.807, 2.05) is 13.0 Å². The van der Waals surface area contributed by atoms with Gasteiger partial charge in [-0.15, -0.1) is 0 Å². The lowest BCUT2D eigenvalue weighted by molar-refractivity contribution is 0.0958. The highest BCUT2D eigenvalue weighted by molar-refractivity contribution is 5.92. The molecule has 0 aliphatic carbocycles. The number of anilines is 1. The molecule has 0 atom stereocenters. The number of aryl methyl sites for hydroxylation is 1. The van der Waals surface area contributed by atoms with Crippen molar-refractivity contribution >= 4 is 11.6 Å². The van der Waals surface area contributed by atoms with Crippen LogP contribution in [-0.2, 0) is 0 Å². The Bertz CT molecular complexity index is 439. The minimum absolute atomic E-state index is 0.136. The first-order valence-corrected chi connectivity index (χ1v) is 6.25. The van der Waals surface area contributed by atoms with Crippen molar-refractivity contribution in [3.8, 4) is 0 Å². The van der Waals surface area contributed by atoms with Crippen molar-refractivity contribution in [1.82, 2.24) is 15.2 Å². The van der Waals surface area contributed by atoms with Crippen LogP contribution in [0.2, 0.25) is 0 Å². The summed E-state index contributed by atoms with van der Waals surface area (Å²) in [6, 6.07) is 3.79. The first-order valence-electron chi connectivity index (χ1n) is 6.25. The number of likely N-dealkylation sites (N-methyl/N-ethyl adjacent to an activating group) is 1. The molecule has 0 spiro atoms. The fourth-order valence-electron chi connectivity index (χ4n) is 2.19. The third-order valence-electron chi connectivity index (χ3n) is 3.36. The SMILES string of the molecule is CNC(=O)c1ccc(N2CCN(C)CC2)c(C)n1. The number of hydrogen-bond acceptors (Lipinski definition) is 4. The fraction of sp³-hybridized carbons (Fsp3) is 0.538. The van der Waals surface area contributed by atoms with E-state index in [9.17, 15) is 4.79 Å².